The number of aromatic hydroxyl groups is 1. The molecule has 0 unspecified atom stereocenters. The van der Waals surface area contributed by atoms with Crippen molar-refractivity contribution in [3.63, 3.8) is 0 Å². The van der Waals surface area contributed by atoms with Crippen molar-refractivity contribution in [2.45, 2.75) is 0 Å². The molecule has 1 aromatic heterocycles. The Morgan fingerprint density at radius 1 is 1.00 bits per heavy atom. The number of pyridine rings is 1. The highest BCUT2D eigenvalue weighted by molar-refractivity contribution is 14.1. The Morgan fingerprint density at radius 3 is 2.27 bits per heavy atom. The van der Waals surface area contributed by atoms with Crippen LogP contribution in [0, 0.1) is 7.14 Å². The molecular formula is C16H9I2NO3. The van der Waals surface area contributed by atoms with Gasteiger partial charge in [0.25, 0.3) is 0 Å². The summed E-state index contributed by atoms with van der Waals surface area (Å²) < 4.78 is 1.94. The normalized spacial score (nSPS) is 10.8. The summed E-state index contributed by atoms with van der Waals surface area (Å²) in [6, 6.07) is 12.7. The number of nitrogens with zero attached hydrogens (tertiary/aromatic N) is 1. The van der Waals surface area contributed by atoms with E-state index < -0.39 is 5.97 Å². The first kappa shape index (κ1) is 15.5. The van der Waals surface area contributed by atoms with E-state index in [4.69, 9.17) is 0 Å². The summed E-state index contributed by atoms with van der Waals surface area (Å²) in [6.07, 6.45) is 0. The van der Waals surface area contributed by atoms with Gasteiger partial charge < -0.3 is 10.2 Å². The van der Waals surface area contributed by atoms with Crippen molar-refractivity contribution < 1.29 is 15.0 Å². The molecule has 1 heterocycles. The highest BCUT2D eigenvalue weighted by atomic mass is 127. The van der Waals surface area contributed by atoms with Crippen LogP contribution in [0.15, 0.2) is 42.5 Å². The Hall–Kier alpha value is -1.42. The fraction of sp³-hybridized carbons (Fsp3) is 0. The Bertz CT molecular complexity index is 892. The molecular weight excluding hydrogens is 508 g/mol. The summed E-state index contributed by atoms with van der Waals surface area (Å²) in [5.41, 5.74) is 1.39. The van der Waals surface area contributed by atoms with Gasteiger partial charge in [-0.25, -0.2) is 9.78 Å². The lowest BCUT2D eigenvalue weighted by atomic mass is 10.0. The van der Waals surface area contributed by atoms with Crippen molar-refractivity contribution in [1.29, 1.82) is 0 Å². The number of halogens is 2. The summed E-state index contributed by atoms with van der Waals surface area (Å²) in [6.45, 7) is 0. The molecule has 3 aromatic rings. The molecule has 0 saturated carbocycles. The van der Waals surface area contributed by atoms with Crippen molar-refractivity contribution >= 4 is 62.1 Å². The number of hydrogen-bond acceptors (Lipinski definition) is 3. The van der Waals surface area contributed by atoms with Crippen molar-refractivity contribution in [3.05, 3.63) is 55.2 Å². The van der Waals surface area contributed by atoms with Crippen molar-refractivity contribution in [3.8, 4) is 17.0 Å². The fourth-order valence-electron chi connectivity index (χ4n) is 2.25. The van der Waals surface area contributed by atoms with Crippen LogP contribution in [-0.4, -0.2) is 21.2 Å². The van der Waals surface area contributed by atoms with E-state index in [9.17, 15) is 15.0 Å². The molecule has 0 aliphatic rings. The van der Waals surface area contributed by atoms with Gasteiger partial charge in [0.15, 0.2) is 5.75 Å². The first-order valence-electron chi connectivity index (χ1n) is 6.29. The average Bonchev–Trinajstić information content (AvgIpc) is 2.47. The average molecular weight is 517 g/mol. The number of fused-ring (bicyclic) bond motifs is 1. The molecule has 2 aromatic carbocycles. The predicted octanol–water partition coefficient (Wildman–Crippen LogP) is 4.51. The van der Waals surface area contributed by atoms with E-state index in [2.05, 4.69) is 50.2 Å². The van der Waals surface area contributed by atoms with Crippen molar-refractivity contribution in [2.24, 2.45) is 0 Å². The van der Waals surface area contributed by atoms with Crippen LogP contribution >= 0.6 is 45.2 Å². The zero-order valence-electron chi connectivity index (χ0n) is 11.0. The predicted molar refractivity (Wildman–Crippen MR) is 101 cm³/mol. The van der Waals surface area contributed by atoms with Crippen molar-refractivity contribution in [2.75, 3.05) is 0 Å². The molecule has 0 aliphatic carbocycles. The van der Waals surface area contributed by atoms with Gasteiger partial charge in [-0.05, 0) is 75.5 Å². The molecule has 0 saturated heterocycles. The lowest BCUT2D eigenvalue weighted by molar-refractivity contribution is 0.0696. The zero-order valence-corrected chi connectivity index (χ0v) is 15.4. The third-order valence-corrected chi connectivity index (χ3v) is 4.64. The standard InChI is InChI=1S/C16H9I2NO3/c17-9-3-1-8(2-4-9)14-15(20)13(16(21)22)11-7-10(18)5-6-12(11)19-14/h1-7,20H,(H,21,22). The highest BCUT2D eigenvalue weighted by Gasteiger charge is 2.20. The molecule has 0 atom stereocenters. The van der Waals surface area contributed by atoms with E-state index >= 15 is 0 Å². The second kappa shape index (κ2) is 5.99. The smallest absolute Gasteiger partial charge is 0.340 e. The minimum Gasteiger partial charge on any atom is -0.505 e. The fourth-order valence-corrected chi connectivity index (χ4v) is 3.10. The van der Waals surface area contributed by atoms with Gasteiger partial charge in [-0.15, -0.1) is 0 Å². The van der Waals surface area contributed by atoms with Gasteiger partial charge in [-0.1, -0.05) is 12.1 Å². The molecule has 0 fully saturated rings. The van der Waals surface area contributed by atoms with Gasteiger partial charge in [-0.3, -0.25) is 0 Å². The van der Waals surface area contributed by atoms with Crippen LogP contribution < -0.4 is 0 Å². The molecule has 0 spiro atoms. The Labute approximate surface area is 153 Å². The quantitative estimate of drug-likeness (QED) is 0.491. The van der Waals surface area contributed by atoms with Crippen LogP contribution in [-0.2, 0) is 0 Å². The van der Waals surface area contributed by atoms with E-state index in [1.807, 2.05) is 30.3 Å². The third-order valence-electron chi connectivity index (χ3n) is 3.25. The second-order valence-electron chi connectivity index (χ2n) is 4.66. The SMILES string of the molecule is O=C(O)c1c(O)c(-c2ccc(I)cc2)nc2ccc(I)cc12. The van der Waals surface area contributed by atoms with Crippen molar-refractivity contribution in [1.82, 2.24) is 4.98 Å². The van der Waals surface area contributed by atoms with Crippen LogP contribution in [0.25, 0.3) is 22.2 Å². The molecule has 22 heavy (non-hydrogen) atoms. The van der Waals surface area contributed by atoms with E-state index in [0.717, 1.165) is 7.14 Å². The molecule has 4 nitrogen and oxygen atoms in total. The van der Waals surface area contributed by atoms with Gasteiger partial charge in [0.05, 0.1) is 5.52 Å². The highest BCUT2D eigenvalue weighted by Crippen LogP contribution is 2.36. The number of aromatic carboxylic acids is 1. The first-order chi connectivity index (χ1) is 10.5. The number of aromatic nitrogens is 1. The number of carboxylic acids is 1. The summed E-state index contributed by atoms with van der Waals surface area (Å²) in [5, 5.41) is 20.3. The van der Waals surface area contributed by atoms with Gasteiger partial charge in [-0.2, -0.15) is 0 Å². The minimum absolute atomic E-state index is 0.114. The molecule has 6 heteroatoms. The second-order valence-corrected chi connectivity index (χ2v) is 7.15. The lowest BCUT2D eigenvalue weighted by Crippen LogP contribution is -2.02. The van der Waals surface area contributed by atoms with Crippen LogP contribution in [0.5, 0.6) is 5.75 Å². The molecule has 0 aliphatic heterocycles. The monoisotopic (exact) mass is 517 g/mol. The molecule has 0 amide bonds. The largest absolute Gasteiger partial charge is 0.505 e. The zero-order chi connectivity index (χ0) is 15.9. The van der Waals surface area contributed by atoms with E-state index in [-0.39, 0.29) is 17.0 Å². The maximum absolute atomic E-state index is 11.6. The van der Waals surface area contributed by atoms with Gasteiger partial charge >= 0.3 is 5.97 Å². The van der Waals surface area contributed by atoms with E-state index in [0.29, 0.717) is 16.5 Å². The lowest BCUT2D eigenvalue weighted by Gasteiger charge is -2.11. The third kappa shape index (κ3) is 2.76. The maximum atomic E-state index is 11.6. The maximum Gasteiger partial charge on any atom is 0.340 e. The number of carbonyl (C=O) groups is 1. The van der Waals surface area contributed by atoms with Gasteiger partial charge in [0.2, 0.25) is 0 Å². The molecule has 2 N–H and O–H groups in total. The summed E-state index contributed by atoms with van der Waals surface area (Å²) in [4.78, 5) is 16.0. The summed E-state index contributed by atoms with van der Waals surface area (Å²) in [5.74, 6) is -1.47. The molecule has 110 valence electrons. The van der Waals surface area contributed by atoms with E-state index in [1.54, 1.807) is 12.1 Å². The van der Waals surface area contributed by atoms with Crippen LogP contribution in [0.3, 0.4) is 0 Å². The Balaban J connectivity index is 2.37. The number of benzene rings is 2. The topological polar surface area (TPSA) is 70.4 Å². The number of rotatable bonds is 2. The van der Waals surface area contributed by atoms with Crippen LogP contribution in [0.1, 0.15) is 10.4 Å². The Morgan fingerprint density at radius 2 is 1.64 bits per heavy atom. The molecule has 0 radical (unpaired) electrons. The number of carboxylic acid groups (broad SMARTS) is 1. The van der Waals surface area contributed by atoms with Gasteiger partial charge in [0.1, 0.15) is 11.3 Å². The van der Waals surface area contributed by atoms with Crippen LogP contribution in [0.2, 0.25) is 0 Å². The summed E-state index contributed by atoms with van der Waals surface area (Å²) in [7, 11) is 0. The first-order valence-corrected chi connectivity index (χ1v) is 8.44. The Kier molecular flexibility index (Phi) is 4.22. The molecule has 0 bridgehead atoms. The van der Waals surface area contributed by atoms with E-state index in [1.165, 1.54) is 0 Å². The summed E-state index contributed by atoms with van der Waals surface area (Å²) >= 11 is 4.28. The number of hydrogen-bond donors (Lipinski definition) is 2. The minimum atomic E-state index is -1.17. The van der Waals surface area contributed by atoms with Gasteiger partial charge in [0, 0.05) is 18.1 Å². The van der Waals surface area contributed by atoms with Crippen LogP contribution in [0.4, 0.5) is 0 Å². The molecule has 3 rings (SSSR count).